The molecule has 1 aromatic heterocycles. The van der Waals surface area contributed by atoms with Gasteiger partial charge in [-0.1, -0.05) is 24.3 Å². The van der Waals surface area contributed by atoms with Crippen LogP contribution in [0.2, 0.25) is 0 Å². The van der Waals surface area contributed by atoms with Gasteiger partial charge in [0.2, 0.25) is 5.91 Å². The highest BCUT2D eigenvalue weighted by atomic mass is 32.1. The standard InChI is InChI=1S/C24H23FN4O5S.C2HF3O2/c1-14(30)27-10-19-11-29(24(32)34-19)18-6-7-20(21(25)8-18)15-2-4-16(5-3-15)23-28-17(13-35-23)12-33-22(31)9-26;3-2(4,5)1(6)7/h2-8,13,19H,9-12,26H2,1H3,(H,27,30);(H,6,7)/t19-;/m0./s1. The molecule has 4 N–H and O–H groups in total. The predicted molar refractivity (Wildman–Crippen MR) is 142 cm³/mol. The van der Waals surface area contributed by atoms with Gasteiger partial charge in [-0.15, -0.1) is 11.3 Å². The molecule has 11 nitrogen and oxygen atoms in total. The lowest BCUT2D eigenvalue weighted by Gasteiger charge is -2.14. The van der Waals surface area contributed by atoms with Crippen molar-refractivity contribution in [1.29, 1.82) is 0 Å². The van der Waals surface area contributed by atoms with Crippen LogP contribution >= 0.6 is 11.3 Å². The van der Waals surface area contributed by atoms with Crippen molar-refractivity contribution in [3.63, 3.8) is 0 Å². The maximum absolute atomic E-state index is 15.0. The number of alkyl halides is 3. The molecular weight excluding hydrogens is 588 g/mol. The second-order valence-electron chi connectivity index (χ2n) is 8.61. The molecule has 0 saturated carbocycles. The van der Waals surface area contributed by atoms with E-state index in [9.17, 15) is 31.9 Å². The van der Waals surface area contributed by atoms with Crippen molar-refractivity contribution in [2.45, 2.75) is 25.8 Å². The Hall–Kier alpha value is -4.57. The van der Waals surface area contributed by atoms with E-state index in [1.54, 1.807) is 29.6 Å². The lowest BCUT2D eigenvalue weighted by atomic mass is 10.0. The first-order chi connectivity index (χ1) is 19.8. The number of carboxylic acids is 1. The number of anilines is 1. The number of hydrogen-bond donors (Lipinski definition) is 3. The summed E-state index contributed by atoms with van der Waals surface area (Å²) in [5, 5.41) is 12.3. The van der Waals surface area contributed by atoms with Gasteiger partial charge in [-0.3, -0.25) is 14.5 Å². The molecule has 0 spiro atoms. The zero-order valence-electron chi connectivity index (χ0n) is 21.8. The molecule has 2 heterocycles. The average Bonchev–Trinajstić information content (AvgIpc) is 3.57. The number of rotatable bonds is 8. The molecule has 42 heavy (non-hydrogen) atoms. The molecule has 4 rings (SSSR count). The molecule has 0 aliphatic carbocycles. The Morgan fingerprint density at radius 1 is 1.19 bits per heavy atom. The summed E-state index contributed by atoms with van der Waals surface area (Å²) in [4.78, 5) is 49.2. The molecular formula is C26H24F4N4O7S. The summed E-state index contributed by atoms with van der Waals surface area (Å²) in [5.41, 5.74) is 8.12. The summed E-state index contributed by atoms with van der Waals surface area (Å²) < 4.78 is 56.9. The van der Waals surface area contributed by atoms with E-state index < -0.39 is 36.1 Å². The minimum atomic E-state index is -5.08. The molecule has 2 amide bonds. The van der Waals surface area contributed by atoms with E-state index in [1.807, 2.05) is 12.1 Å². The zero-order valence-corrected chi connectivity index (χ0v) is 22.6. The quantitative estimate of drug-likeness (QED) is 0.254. The number of carbonyl (C=O) groups is 4. The van der Waals surface area contributed by atoms with Crippen LogP contribution in [0.4, 0.5) is 28.0 Å². The van der Waals surface area contributed by atoms with Gasteiger partial charge in [0.1, 0.15) is 23.5 Å². The van der Waals surface area contributed by atoms with Gasteiger partial charge in [-0.2, -0.15) is 13.2 Å². The van der Waals surface area contributed by atoms with Crippen LogP contribution in [-0.2, 0) is 30.5 Å². The average molecular weight is 613 g/mol. The summed E-state index contributed by atoms with van der Waals surface area (Å²) in [5.74, 6) is -3.95. The molecule has 1 aliphatic heterocycles. The van der Waals surface area contributed by atoms with E-state index >= 15 is 0 Å². The van der Waals surface area contributed by atoms with E-state index in [0.29, 0.717) is 22.5 Å². The zero-order chi connectivity index (χ0) is 31.0. The highest BCUT2D eigenvalue weighted by molar-refractivity contribution is 7.13. The van der Waals surface area contributed by atoms with Crippen LogP contribution in [0.25, 0.3) is 21.7 Å². The van der Waals surface area contributed by atoms with Crippen molar-refractivity contribution in [2.75, 3.05) is 24.5 Å². The van der Waals surface area contributed by atoms with Crippen molar-refractivity contribution in [3.05, 3.63) is 59.4 Å². The lowest BCUT2D eigenvalue weighted by molar-refractivity contribution is -0.192. The Bertz CT molecular complexity index is 1450. The maximum Gasteiger partial charge on any atom is 0.490 e. The fourth-order valence-corrected chi connectivity index (χ4v) is 4.32. The van der Waals surface area contributed by atoms with Gasteiger partial charge >= 0.3 is 24.2 Å². The summed E-state index contributed by atoms with van der Waals surface area (Å²) in [6, 6.07) is 11.8. The van der Waals surface area contributed by atoms with Gasteiger partial charge in [-0.05, 0) is 23.8 Å². The van der Waals surface area contributed by atoms with Crippen LogP contribution in [0.1, 0.15) is 12.6 Å². The number of nitrogens with one attached hydrogen (secondary N) is 1. The fraction of sp³-hybridized carbons (Fsp3) is 0.269. The van der Waals surface area contributed by atoms with Crippen molar-refractivity contribution >= 4 is 41.0 Å². The molecule has 1 fully saturated rings. The number of amides is 2. The van der Waals surface area contributed by atoms with E-state index in [4.69, 9.17) is 25.1 Å². The number of nitrogens with zero attached hydrogens (tertiary/aromatic N) is 2. The molecule has 0 unspecified atom stereocenters. The van der Waals surface area contributed by atoms with E-state index in [2.05, 4.69) is 10.3 Å². The second-order valence-corrected chi connectivity index (χ2v) is 9.46. The molecule has 3 aromatic rings. The molecule has 2 aromatic carbocycles. The van der Waals surface area contributed by atoms with E-state index in [1.165, 1.54) is 29.2 Å². The second kappa shape index (κ2) is 13.9. The number of cyclic esters (lactones) is 1. The smallest absolute Gasteiger partial charge is 0.475 e. The molecule has 1 aliphatic rings. The van der Waals surface area contributed by atoms with Crippen LogP contribution < -0.4 is 16.0 Å². The van der Waals surface area contributed by atoms with E-state index in [0.717, 1.165) is 10.6 Å². The van der Waals surface area contributed by atoms with Crippen molar-refractivity contribution in [3.8, 4) is 21.7 Å². The summed E-state index contributed by atoms with van der Waals surface area (Å²) in [6.45, 7) is 1.67. The molecule has 1 atom stereocenters. The molecule has 1 saturated heterocycles. The Morgan fingerprint density at radius 2 is 1.83 bits per heavy atom. The van der Waals surface area contributed by atoms with Crippen molar-refractivity contribution in [1.82, 2.24) is 10.3 Å². The molecule has 16 heteroatoms. The Kier molecular flexibility index (Phi) is 10.5. The number of carbonyl (C=O) groups excluding carboxylic acids is 3. The fourth-order valence-electron chi connectivity index (χ4n) is 3.51. The van der Waals surface area contributed by atoms with Crippen LogP contribution in [-0.4, -0.2) is 65.9 Å². The lowest BCUT2D eigenvalue weighted by Crippen LogP contribution is -2.33. The van der Waals surface area contributed by atoms with Gasteiger partial charge in [0.05, 0.1) is 31.0 Å². The number of halogens is 4. The van der Waals surface area contributed by atoms with Crippen LogP contribution in [0.5, 0.6) is 0 Å². The first-order valence-electron chi connectivity index (χ1n) is 12.0. The SMILES string of the molecule is CC(=O)NC[C@H]1CN(c2ccc(-c3ccc(-c4nc(COC(=O)CN)cs4)cc3)c(F)c2)C(=O)O1.O=C(O)C(F)(F)F. The summed E-state index contributed by atoms with van der Waals surface area (Å²) >= 11 is 1.41. The number of ether oxygens (including phenoxy) is 2. The topological polar surface area (TPSA) is 161 Å². The third-order valence-electron chi connectivity index (χ3n) is 5.50. The van der Waals surface area contributed by atoms with Crippen molar-refractivity contribution in [2.24, 2.45) is 5.73 Å². The Labute approximate surface area is 239 Å². The summed E-state index contributed by atoms with van der Waals surface area (Å²) in [6.07, 6.45) is -6.17. The number of aliphatic carboxylic acids is 1. The van der Waals surface area contributed by atoms with E-state index in [-0.39, 0.29) is 32.1 Å². The highest BCUT2D eigenvalue weighted by Gasteiger charge is 2.38. The normalized spacial score (nSPS) is 14.5. The van der Waals surface area contributed by atoms with Crippen LogP contribution in [0.15, 0.2) is 47.8 Å². The number of benzene rings is 2. The largest absolute Gasteiger partial charge is 0.490 e. The minimum absolute atomic E-state index is 0.0563. The Morgan fingerprint density at radius 3 is 2.40 bits per heavy atom. The van der Waals surface area contributed by atoms with Gasteiger partial charge < -0.3 is 25.6 Å². The number of esters is 1. The number of nitrogens with two attached hydrogens (primary N) is 1. The molecule has 224 valence electrons. The minimum Gasteiger partial charge on any atom is -0.475 e. The number of thiazole rings is 1. The van der Waals surface area contributed by atoms with Gasteiger partial charge in [0.25, 0.3) is 0 Å². The monoisotopic (exact) mass is 612 g/mol. The van der Waals surface area contributed by atoms with Gasteiger partial charge in [0.15, 0.2) is 0 Å². The summed E-state index contributed by atoms with van der Waals surface area (Å²) in [7, 11) is 0. The maximum atomic E-state index is 15.0. The van der Waals surface area contributed by atoms with Crippen LogP contribution in [0, 0.1) is 5.82 Å². The highest BCUT2D eigenvalue weighted by Crippen LogP contribution is 2.31. The predicted octanol–water partition coefficient (Wildman–Crippen LogP) is 3.71. The Balaban J connectivity index is 0.000000616. The number of aromatic nitrogens is 1. The molecule has 0 bridgehead atoms. The van der Waals surface area contributed by atoms with Crippen molar-refractivity contribution < 1.29 is 51.3 Å². The third-order valence-corrected chi connectivity index (χ3v) is 6.44. The third kappa shape index (κ3) is 8.71. The van der Waals surface area contributed by atoms with Crippen LogP contribution in [0.3, 0.4) is 0 Å². The molecule has 0 radical (unpaired) electrons. The van der Waals surface area contributed by atoms with Gasteiger partial charge in [0, 0.05) is 23.4 Å². The first kappa shape index (κ1) is 32.0. The number of carboxylic acid groups (broad SMARTS) is 1. The number of hydrogen-bond acceptors (Lipinski definition) is 9. The first-order valence-corrected chi connectivity index (χ1v) is 12.9. The van der Waals surface area contributed by atoms with Gasteiger partial charge in [-0.25, -0.2) is 19.0 Å².